The molecular formula is C15H22N2O2. The summed E-state index contributed by atoms with van der Waals surface area (Å²) in [5, 5.41) is 0. The number of carbonyl (C=O) groups excluding carboxylic acids is 2. The first-order valence-electron chi connectivity index (χ1n) is 6.75. The second-order valence-corrected chi connectivity index (χ2v) is 4.24. The smallest absolute Gasteiger partial charge is 0.242 e. The van der Waals surface area contributed by atoms with Crippen LogP contribution < -0.4 is 4.90 Å². The number of para-hydroxylation sites is 1. The average molecular weight is 262 g/mol. The lowest BCUT2D eigenvalue weighted by Crippen LogP contribution is -2.38. The maximum atomic E-state index is 12.0. The highest BCUT2D eigenvalue weighted by Gasteiger charge is 2.35. The van der Waals surface area contributed by atoms with Gasteiger partial charge in [0.25, 0.3) is 0 Å². The summed E-state index contributed by atoms with van der Waals surface area (Å²) in [6, 6.07) is 9.60. The van der Waals surface area contributed by atoms with Gasteiger partial charge in [0.05, 0.1) is 12.7 Å². The predicted octanol–water partition coefficient (Wildman–Crippen LogP) is 2.30. The molecule has 1 aliphatic heterocycles. The van der Waals surface area contributed by atoms with Crippen LogP contribution in [0.1, 0.15) is 26.7 Å². The highest BCUT2D eigenvalue weighted by molar-refractivity contribution is 5.97. The van der Waals surface area contributed by atoms with Crippen LogP contribution in [-0.2, 0) is 9.59 Å². The van der Waals surface area contributed by atoms with Crippen LogP contribution in [-0.4, -0.2) is 36.9 Å². The largest absolute Gasteiger partial charge is 0.303 e. The SMILES string of the molecule is CC.CN1CC(=O)N(c2ccccc2)C1CCC=O. The predicted molar refractivity (Wildman–Crippen MR) is 77.0 cm³/mol. The van der Waals surface area contributed by atoms with Crippen molar-refractivity contribution in [1.29, 1.82) is 0 Å². The zero-order valence-electron chi connectivity index (χ0n) is 11.9. The van der Waals surface area contributed by atoms with Gasteiger partial charge in [-0.1, -0.05) is 32.0 Å². The molecule has 0 spiro atoms. The van der Waals surface area contributed by atoms with Crippen molar-refractivity contribution < 1.29 is 9.59 Å². The molecule has 1 amide bonds. The number of amides is 1. The molecule has 104 valence electrons. The van der Waals surface area contributed by atoms with E-state index < -0.39 is 0 Å². The lowest BCUT2D eigenvalue weighted by Gasteiger charge is -2.27. The van der Waals surface area contributed by atoms with Gasteiger partial charge in [-0.05, 0) is 25.6 Å². The van der Waals surface area contributed by atoms with E-state index in [2.05, 4.69) is 0 Å². The fourth-order valence-electron chi connectivity index (χ4n) is 2.23. The number of nitrogens with zero attached hydrogens (tertiary/aromatic N) is 2. The summed E-state index contributed by atoms with van der Waals surface area (Å²) >= 11 is 0. The standard InChI is InChI=1S/C13H16N2O2.C2H6/c1-14-10-13(17)15(12(14)8-5-9-16)11-6-3-2-4-7-11;1-2/h2-4,6-7,9,12H,5,8,10H2,1H3;1-2H3. The van der Waals surface area contributed by atoms with E-state index in [0.717, 1.165) is 12.0 Å². The molecule has 19 heavy (non-hydrogen) atoms. The molecule has 0 saturated carbocycles. The van der Waals surface area contributed by atoms with E-state index in [4.69, 9.17) is 0 Å². The summed E-state index contributed by atoms with van der Waals surface area (Å²) in [6.45, 7) is 4.42. The van der Waals surface area contributed by atoms with E-state index >= 15 is 0 Å². The highest BCUT2D eigenvalue weighted by Crippen LogP contribution is 2.25. The van der Waals surface area contributed by atoms with Crippen molar-refractivity contribution in [3.63, 3.8) is 0 Å². The first-order chi connectivity index (χ1) is 9.24. The van der Waals surface area contributed by atoms with Crippen molar-refractivity contribution in [3.8, 4) is 0 Å². The van der Waals surface area contributed by atoms with Crippen molar-refractivity contribution in [3.05, 3.63) is 30.3 Å². The minimum Gasteiger partial charge on any atom is -0.303 e. The molecule has 1 unspecified atom stereocenters. The summed E-state index contributed by atoms with van der Waals surface area (Å²) in [4.78, 5) is 26.2. The maximum absolute atomic E-state index is 12.0. The van der Waals surface area contributed by atoms with Gasteiger partial charge in [0.15, 0.2) is 0 Å². The van der Waals surface area contributed by atoms with Crippen LogP contribution in [0.4, 0.5) is 5.69 Å². The molecule has 1 atom stereocenters. The fourth-order valence-corrected chi connectivity index (χ4v) is 2.23. The summed E-state index contributed by atoms with van der Waals surface area (Å²) in [5.41, 5.74) is 0.901. The Kier molecular flexibility index (Phi) is 6.22. The molecule has 1 fully saturated rings. The van der Waals surface area contributed by atoms with Gasteiger partial charge in [-0.3, -0.25) is 14.6 Å². The van der Waals surface area contributed by atoms with E-state index in [9.17, 15) is 9.59 Å². The number of aldehydes is 1. The molecule has 0 aliphatic carbocycles. The van der Waals surface area contributed by atoms with Crippen LogP contribution >= 0.6 is 0 Å². The minimum absolute atomic E-state index is 0.00454. The summed E-state index contributed by atoms with van der Waals surface area (Å²) in [5.74, 6) is 0.0922. The van der Waals surface area contributed by atoms with Gasteiger partial charge in [0.2, 0.25) is 5.91 Å². The molecule has 0 N–H and O–H groups in total. The van der Waals surface area contributed by atoms with Gasteiger partial charge in [0, 0.05) is 12.1 Å². The van der Waals surface area contributed by atoms with Crippen molar-refractivity contribution >= 4 is 17.9 Å². The molecule has 0 bridgehead atoms. The number of rotatable bonds is 4. The van der Waals surface area contributed by atoms with E-state index in [-0.39, 0.29) is 12.1 Å². The molecule has 2 rings (SSSR count). The van der Waals surface area contributed by atoms with E-state index in [1.54, 1.807) is 4.90 Å². The number of anilines is 1. The topological polar surface area (TPSA) is 40.6 Å². The minimum atomic E-state index is -0.00454. The number of carbonyl (C=O) groups is 2. The normalized spacial score (nSPS) is 19.0. The van der Waals surface area contributed by atoms with Crippen molar-refractivity contribution in [2.45, 2.75) is 32.9 Å². The lowest BCUT2D eigenvalue weighted by atomic mass is 10.2. The number of hydrogen-bond acceptors (Lipinski definition) is 3. The van der Waals surface area contributed by atoms with Crippen molar-refractivity contribution in [2.24, 2.45) is 0 Å². The first-order valence-corrected chi connectivity index (χ1v) is 6.75. The van der Waals surface area contributed by atoms with Gasteiger partial charge >= 0.3 is 0 Å². The molecule has 1 saturated heterocycles. The van der Waals surface area contributed by atoms with Crippen LogP contribution in [0.5, 0.6) is 0 Å². The third kappa shape index (κ3) is 3.64. The van der Waals surface area contributed by atoms with Gasteiger partial charge in [0.1, 0.15) is 6.29 Å². The Balaban J connectivity index is 0.000000861. The first kappa shape index (κ1) is 15.4. The van der Waals surface area contributed by atoms with Crippen molar-refractivity contribution in [2.75, 3.05) is 18.5 Å². The molecule has 1 heterocycles. The molecule has 0 radical (unpaired) electrons. The van der Waals surface area contributed by atoms with Crippen LogP contribution in [0.2, 0.25) is 0 Å². The van der Waals surface area contributed by atoms with E-state index in [0.29, 0.717) is 19.4 Å². The van der Waals surface area contributed by atoms with Gasteiger partial charge in [-0.25, -0.2) is 0 Å². The van der Waals surface area contributed by atoms with Crippen molar-refractivity contribution in [1.82, 2.24) is 4.90 Å². The average Bonchev–Trinajstić information content (AvgIpc) is 2.74. The third-order valence-corrected chi connectivity index (χ3v) is 3.04. The van der Waals surface area contributed by atoms with Crippen LogP contribution in [0.25, 0.3) is 0 Å². The van der Waals surface area contributed by atoms with Gasteiger partial charge in [-0.15, -0.1) is 0 Å². The Morgan fingerprint density at radius 3 is 2.47 bits per heavy atom. The Morgan fingerprint density at radius 1 is 1.26 bits per heavy atom. The molecular weight excluding hydrogens is 240 g/mol. The number of hydrogen-bond donors (Lipinski definition) is 0. The molecule has 1 aliphatic rings. The second-order valence-electron chi connectivity index (χ2n) is 4.24. The third-order valence-electron chi connectivity index (χ3n) is 3.04. The quantitative estimate of drug-likeness (QED) is 0.782. The summed E-state index contributed by atoms with van der Waals surface area (Å²) in [7, 11) is 1.91. The number of likely N-dealkylation sites (N-methyl/N-ethyl adjacent to an activating group) is 1. The summed E-state index contributed by atoms with van der Waals surface area (Å²) < 4.78 is 0. The molecule has 1 aromatic carbocycles. The Labute approximate surface area is 115 Å². The molecule has 4 nitrogen and oxygen atoms in total. The van der Waals surface area contributed by atoms with E-state index in [1.807, 2.05) is 56.1 Å². The second kappa shape index (κ2) is 7.69. The molecule has 0 aromatic heterocycles. The lowest BCUT2D eigenvalue weighted by molar-refractivity contribution is -0.116. The summed E-state index contributed by atoms with van der Waals surface area (Å²) in [6.07, 6.45) is 2.06. The van der Waals surface area contributed by atoms with Gasteiger partial charge < -0.3 is 4.79 Å². The molecule has 4 heteroatoms. The van der Waals surface area contributed by atoms with Gasteiger partial charge in [-0.2, -0.15) is 0 Å². The highest BCUT2D eigenvalue weighted by atomic mass is 16.2. The Morgan fingerprint density at radius 2 is 1.89 bits per heavy atom. The van der Waals surface area contributed by atoms with Crippen LogP contribution in [0, 0.1) is 0 Å². The molecule has 1 aromatic rings. The van der Waals surface area contributed by atoms with E-state index in [1.165, 1.54) is 0 Å². The van der Waals surface area contributed by atoms with Crippen LogP contribution in [0.15, 0.2) is 30.3 Å². The zero-order valence-corrected chi connectivity index (χ0v) is 11.9. The Hall–Kier alpha value is -1.68. The maximum Gasteiger partial charge on any atom is 0.242 e. The number of benzene rings is 1. The zero-order chi connectivity index (χ0) is 14.3. The monoisotopic (exact) mass is 262 g/mol. The fraction of sp³-hybridized carbons (Fsp3) is 0.467. The Bertz CT molecular complexity index is 406. The van der Waals surface area contributed by atoms with Crippen LogP contribution in [0.3, 0.4) is 0 Å².